The lowest BCUT2D eigenvalue weighted by molar-refractivity contribution is -0.160. The number of fused-ring (bicyclic) bond motifs is 7. The number of likely N-dealkylation sites (N-methyl/N-ethyl adjacent to an activating group) is 1. The van der Waals surface area contributed by atoms with Crippen molar-refractivity contribution in [3.63, 3.8) is 0 Å². The topological polar surface area (TPSA) is 91.0 Å². The number of hydrogen-bond donors (Lipinski definition) is 2. The fraction of sp³-hybridized carbons (Fsp3) is 0.914. The Morgan fingerprint density at radius 2 is 1.77 bits per heavy atom. The number of piperidine rings is 1. The van der Waals surface area contributed by atoms with Crippen LogP contribution in [0.25, 0.3) is 0 Å². The van der Waals surface area contributed by atoms with E-state index in [0.29, 0.717) is 66.7 Å². The third-order valence-corrected chi connectivity index (χ3v) is 14.5. The summed E-state index contributed by atoms with van der Waals surface area (Å²) >= 11 is 0. The van der Waals surface area contributed by atoms with Crippen LogP contribution in [0, 0.1) is 52.3 Å². The molecular weight excluding hydrogens is 540 g/mol. The van der Waals surface area contributed by atoms with Crippen LogP contribution in [0.2, 0.25) is 0 Å². The number of carbonyl (C=O) groups excluding carboxylic acids is 3. The second-order valence-corrected chi connectivity index (χ2v) is 16.6. The zero-order chi connectivity index (χ0) is 30.3. The van der Waals surface area contributed by atoms with Gasteiger partial charge in [-0.2, -0.15) is 0 Å². The van der Waals surface area contributed by atoms with Gasteiger partial charge in [0.2, 0.25) is 11.8 Å². The molecule has 3 saturated heterocycles. The van der Waals surface area contributed by atoms with Crippen molar-refractivity contribution in [1.29, 1.82) is 0 Å². The molecule has 0 aromatic carbocycles. The first-order valence-electron chi connectivity index (χ1n) is 17.7. The van der Waals surface area contributed by atoms with Crippen molar-refractivity contribution in [2.45, 2.75) is 110 Å². The van der Waals surface area contributed by atoms with E-state index in [-0.39, 0.29) is 46.9 Å². The van der Waals surface area contributed by atoms with E-state index in [4.69, 9.17) is 4.74 Å². The van der Waals surface area contributed by atoms with Crippen molar-refractivity contribution >= 4 is 17.6 Å². The van der Waals surface area contributed by atoms with Gasteiger partial charge in [-0.15, -0.1) is 0 Å². The highest BCUT2D eigenvalue weighted by Crippen LogP contribution is 2.70. The Bertz CT molecular complexity index is 1130. The normalized spacial score (nSPS) is 49.7. The third-order valence-electron chi connectivity index (χ3n) is 14.5. The molecule has 7 fully saturated rings. The number of hydrogen-bond acceptors (Lipinski definition) is 6. The highest BCUT2D eigenvalue weighted by molar-refractivity contribution is 5.97. The van der Waals surface area contributed by atoms with Gasteiger partial charge in [0.25, 0.3) is 0 Å². The first-order chi connectivity index (χ1) is 20.4. The average Bonchev–Trinajstić information content (AvgIpc) is 3.42. The summed E-state index contributed by atoms with van der Waals surface area (Å²) in [5.41, 5.74) is -0.373. The van der Waals surface area contributed by atoms with Crippen LogP contribution in [0.5, 0.6) is 0 Å². The lowest BCUT2D eigenvalue weighted by atomic mass is 9.44. The monoisotopic (exact) mass is 596 g/mol. The van der Waals surface area contributed by atoms with Crippen LogP contribution in [0.1, 0.15) is 91.9 Å². The number of piperazine rings is 1. The number of nitrogens with one attached hydrogen (secondary N) is 2. The summed E-state index contributed by atoms with van der Waals surface area (Å²) in [7, 11) is 2.07. The van der Waals surface area contributed by atoms with Crippen LogP contribution in [-0.2, 0) is 19.1 Å². The number of nitrogens with zero attached hydrogens (tertiary/aromatic N) is 2. The van der Waals surface area contributed by atoms with Gasteiger partial charge in [-0.3, -0.25) is 19.7 Å². The van der Waals surface area contributed by atoms with Crippen LogP contribution >= 0.6 is 0 Å². The van der Waals surface area contributed by atoms with Gasteiger partial charge in [0.1, 0.15) is 17.9 Å². The summed E-state index contributed by atoms with van der Waals surface area (Å²) in [6.07, 6.45) is 9.51. The zero-order valence-electron chi connectivity index (χ0n) is 27.3. The zero-order valence-corrected chi connectivity index (χ0v) is 27.3. The predicted octanol–water partition coefficient (Wildman–Crippen LogP) is 3.83. The number of amides is 2. The average molecular weight is 597 g/mol. The van der Waals surface area contributed by atoms with E-state index in [0.717, 1.165) is 51.7 Å². The van der Waals surface area contributed by atoms with Crippen molar-refractivity contribution in [2.24, 2.45) is 52.3 Å². The van der Waals surface area contributed by atoms with Crippen molar-refractivity contribution in [1.82, 2.24) is 20.4 Å². The van der Waals surface area contributed by atoms with Gasteiger partial charge in [-0.1, -0.05) is 27.7 Å². The van der Waals surface area contributed by atoms with Crippen LogP contribution in [-0.4, -0.2) is 85.0 Å². The minimum atomic E-state index is -0.274. The Morgan fingerprint density at radius 3 is 2.49 bits per heavy atom. The summed E-state index contributed by atoms with van der Waals surface area (Å²) in [6.45, 7) is 13.6. The summed E-state index contributed by atoms with van der Waals surface area (Å²) in [5, 5.41) is 7.06. The Labute approximate surface area is 258 Å². The number of carbonyl (C=O) groups is 3. The maximum Gasteiger partial charge on any atom is 0.232 e. The summed E-state index contributed by atoms with van der Waals surface area (Å²) in [5.74, 6) is 3.66. The number of Topliss-reactive ketones (excluding diaryl/α,β-unsaturated/α-hetero) is 1. The molecule has 3 heterocycles. The fourth-order valence-corrected chi connectivity index (χ4v) is 11.8. The molecule has 2 amide bonds. The molecule has 7 aliphatic rings. The molecule has 12 atom stereocenters. The second kappa shape index (κ2) is 10.8. The quantitative estimate of drug-likeness (QED) is 0.482. The molecule has 240 valence electrons. The number of rotatable bonds is 3. The molecule has 4 saturated carbocycles. The van der Waals surface area contributed by atoms with Crippen LogP contribution < -0.4 is 10.6 Å². The number of ether oxygens (including phenoxy) is 1. The molecule has 1 spiro atoms. The maximum absolute atomic E-state index is 14.4. The Morgan fingerprint density at radius 1 is 1.00 bits per heavy atom. The molecular formula is C35H56N4O4. The highest BCUT2D eigenvalue weighted by atomic mass is 16.5. The Kier molecular flexibility index (Phi) is 7.57. The Balaban J connectivity index is 0.997. The van der Waals surface area contributed by atoms with Crippen LogP contribution in [0.3, 0.4) is 0 Å². The summed E-state index contributed by atoms with van der Waals surface area (Å²) in [4.78, 5) is 44.1. The van der Waals surface area contributed by atoms with Crippen molar-refractivity contribution in [3.8, 4) is 0 Å². The minimum Gasteiger partial charge on any atom is -0.357 e. The molecule has 8 heteroatoms. The molecule has 43 heavy (non-hydrogen) atoms. The van der Waals surface area contributed by atoms with Crippen molar-refractivity contribution < 1.29 is 19.1 Å². The maximum atomic E-state index is 14.4. The fourth-order valence-electron chi connectivity index (χ4n) is 11.8. The van der Waals surface area contributed by atoms with Gasteiger partial charge in [0.05, 0.1) is 6.10 Å². The largest absolute Gasteiger partial charge is 0.357 e. The van der Waals surface area contributed by atoms with E-state index in [1.54, 1.807) is 0 Å². The first kappa shape index (κ1) is 30.2. The smallest absolute Gasteiger partial charge is 0.232 e. The predicted molar refractivity (Wildman–Crippen MR) is 165 cm³/mol. The Hall–Kier alpha value is -1.51. The molecule has 8 nitrogen and oxygen atoms in total. The standard InChI is InChI=1S/C35H56N4O4/c1-21-8-11-35(36-20-21)22(2)32-28(43-35)17-27-25-7-6-23-16-24(9-10-33(23,3)26(25)18-29(40)34(27,32)4)37-30(41)19-31(42)39-14-12-38(5)13-15-39/h21-28,32,36H,6-20H2,1-5H3,(H,37,41)/t21-,22-,23+,24?,25+,26-,27-,28-,32-,33-,34+,35+/m0/s1. The molecule has 0 radical (unpaired) electrons. The summed E-state index contributed by atoms with van der Waals surface area (Å²) < 4.78 is 6.98. The lowest BCUT2D eigenvalue weighted by Gasteiger charge is -2.60. The van der Waals surface area contributed by atoms with Gasteiger partial charge in [-0.05, 0) is 93.4 Å². The SMILES string of the molecule is C[C@H]1CC[C@@]2(NC1)O[C@H]1C[C@H]3[C@@H]4CC[C@@H]5CC(NC(=O)CC(=O)N6CCN(C)CC6)CC[C@]5(C)[C@H]4CC(=O)[C@]3(C)[C@H]1[C@@H]2C. The van der Waals surface area contributed by atoms with E-state index in [1.165, 1.54) is 19.3 Å². The van der Waals surface area contributed by atoms with E-state index in [2.05, 4.69) is 50.3 Å². The minimum absolute atomic E-state index is 0.0414. The van der Waals surface area contributed by atoms with Gasteiger partial charge in [0, 0.05) is 62.4 Å². The van der Waals surface area contributed by atoms with E-state index in [1.807, 2.05) is 4.90 Å². The molecule has 7 rings (SSSR count). The van der Waals surface area contributed by atoms with Crippen molar-refractivity contribution in [2.75, 3.05) is 39.8 Å². The van der Waals surface area contributed by atoms with Crippen LogP contribution in [0.4, 0.5) is 0 Å². The molecule has 0 bridgehead atoms. The molecule has 0 aromatic rings. The first-order valence-corrected chi connectivity index (χ1v) is 17.7. The van der Waals surface area contributed by atoms with Gasteiger partial charge >= 0.3 is 0 Å². The summed E-state index contributed by atoms with van der Waals surface area (Å²) in [6, 6.07) is 0.133. The van der Waals surface area contributed by atoms with Crippen molar-refractivity contribution in [3.05, 3.63) is 0 Å². The van der Waals surface area contributed by atoms with E-state index >= 15 is 0 Å². The van der Waals surface area contributed by atoms with E-state index < -0.39 is 0 Å². The highest BCUT2D eigenvalue weighted by Gasteiger charge is 2.71. The molecule has 2 N–H and O–H groups in total. The van der Waals surface area contributed by atoms with Gasteiger partial charge in [-0.25, -0.2) is 0 Å². The van der Waals surface area contributed by atoms with Crippen LogP contribution in [0.15, 0.2) is 0 Å². The molecule has 0 aromatic heterocycles. The lowest BCUT2D eigenvalue weighted by Crippen LogP contribution is -2.60. The molecule has 4 aliphatic carbocycles. The number of ketones is 1. The second-order valence-electron chi connectivity index (χ2n) is 16.6. The van der Waals surface area contributed by atoms with Gasteiger partial charge < -0.3 is 19.9 Å². The molecule has 3 aliphatic heterocycles. The van der Waals surface area contributed by atoms with Gasteiger partial charge in [0.15, 0.2) is 0 Å². The van der Waals surface area contributed by atoms with E-state index in [9.17, 15) is 14.4 Å². The third kappa shape index (κ3) is 4.74. The molecule has 1 unspecified atom stereocenters.